The molecule has 0 spiro atoms. The summed E-state index contributed by atoms with van der Waals surface area (Å²) < 4.78 is 5.23. The van der Waals surface area contributed by atoms with Gasteiger partial charge in [-0.3, -0.25) is 14.8 Å². The zero-order chi connectivity index (χ0) is 19.3. The second kappa shape index (κ2) is 8.21. The van der Waals surface area contributed by atoms with Crippen molar-refractivity contribution in [2.45, 2.75) is 18.8 Å². The van der Waals surface area contributed by atoms with Crippen molar-refractivity contribution >= 4 is 5.91 Å². The Morgan fingerprint density at radius 2 is 1.96 bits per heavy atom. The van der Waals surface area contributed by atoms with Crippen LogP contribution in [0.2, 0.25) is 0 Å². The summed E-state index contributed by atoms with van der Waals surface area (Å²) in [7, 11) is 1.66. The molecule has 0 aliphatic carbocycles. The maximum absolute atomic E-state index is 12.8. The van der Waals surface area contributed by atoms with Gasteiger partial charge in [0.1, 0.15) is 5.75 Å². The van der Waals surface area contributed by atoms with Gasteiger partial charge in [0.25, 0.3) is 5.91 Å². The van der Waals surface area contributed by atoms with E-state index in [-0.39, 0.29) is 11.8 Å². The Morgan fingerprint density at radius 3 is 2.71 bits per heavy atom. The Hall–Kier alpha value is -3.21. The van der Waals surface area contributed by atoms with Gasteiger partial charge in [-0.2, -0.15) is 0 Å². The molecule has 1 aliphatic heterocycles. The van der Waals surface area contributed by atoms with Gasteiger partial charge < -0.3 is 9.64 Å². The molecule has 5 nitrogen and oxygen atoms in total. The summed E-state index contributed by atoms with van der Waals surface area (Å²) in [5.41, 5.74) is 3.68. The zero-order valence-corrected chi connectivity index (χ0v) is 15.9. The first-order valence-electron chi connectivity index (χ1n) is 9.55. The number of benzene rings is 1. The largest absolute Gasteiger partial charge is 0.497 e. The van der Waals surface area contributed by atoms with Crippen LogP contribution in [0.5, 0.6) is 5.75 Å². The van der Waals surface area contributed by atoms with E-state index in [1.165, 1.54) is 0 Å². The first kappa shape index (κ1) is 18.2. The fourth-order valence-electron chi connectivity index (χ4n) is 3.68. The number of ether oxygens (including phenoxy) is 1. The molecule has 2 aromatic heterocycles. The fraction of sp³-hybridized carbons (Fsp3) is 0.261. The van der Waals surface area contributed by atoms with E-state index >= 15 is 0 Å². The SMILES string of the molecule is COc1ccc(-c2cccc([C@H]3CCCN(C(=O)c4cccnc4)C3)n2)cc1. The third-order valence-corrected chi connectivity index (χ3v) is 5.19. The number of pyridine rings is 2. The van der Waals surface area contributed by atoms with Crippen LogP contribution >= 0.6 is 0 Å². The van der Waals surface area contributed by atoms with E-state index in [9.17, 15) is 4.79 Å². The van der Waals surface area contributed by atoms with E-state index in [0.29, 0.717) is 12.1 Å². The average Bonchev–Trinajstić information content (AvgIpc) is 2.79. The molecule has 3 aromatic rings. The molecule has 142 valence electrons. The zero-order valence-electron chi connectivity index (χ0n) is 15.9. The highest BCUT2D eigenvalue weighted by molar-refractivity contribution is 5.94. The molecule has 0 unspecified atom stereocenters. The summed E-state index contributed by atoms with van der Waals surface area (Å²) in [5.74, 6) is 1.12. The van der Waals surface area contributed by atoms with Crippen LogP contribution < -0.4 is 4.74 Å². The monoisotopic (exact) mass is 373 g/mol. The number of hydrogen-bond donors (Lipinski definition) is 0. The number of rotatable bonds is 4. The lowest BCUT2D eigenvalue weighted by atomic mass is 9.93. The normalized spacial score (nSPS) is 16.6. The van der Waals surface area contributed by atoms with Crippen molar-refractivity contribution in [2.24, 2.45) is 0 Å². The van der Waals surface area contributed by atoms with Crippen molar-refractivity contribution in [3.05, 3.63) is 78.2 Å². The van der Waals surface area contributed by atoms with Gasteiger partial charge in [0.15, 0.2) is 0 Å². The van der Waals surface area contributed by atoms with Crippen molar-refractivity contribution in [3.8, 4) is 17.0 Å². The highest BCUT2D eigenvalue weighted by Gasteiger charge is 2.26. The van der Waals surface area contributed by atoms with Crippen LogP contribution in [0.15, 0.2) is 67.0 Å². The molecule has 3 heterocycles. The molecule has 4 rings (SSSR count). The Balaban J connectivity index is 1.53. The topological polar surface area (TPSA) is 55.3 Å². The first-order valence-corrected chi connectivity index (χ1v) is 9.55. The highest BCUT2D eigenvalue weighted by Crippen LogP contribution is 2.29. The Kier molecular flexibility index (Phi) is 5.33. The predicted octanol–water partition coefficient (Wildman–Crippen LogP) is 4.17. The van der Waals surface area contributed by atoms with Gasteiger partial charge in [0.2, 0.25) is 0 Å². The quantitative estimate of drug-likeness (QED) is 0.689. The molecule has 1 aromatic carbocycles. The molecule has 1 amide bonds. The molecular weight excluding hydrogens is 350 g/mol. The van der Waals surface area contributed by atoms with Gasteiger partial charge in [-0.15, -0.1) is 0 Å². The highest BCUT2D eigenvalue weighted by atomic mass is 16.5. The predicted molar refractivity (Wildman–Crippen MR) is 108 cm³/mol. The summed E-state index contributed by atoms with van der Waals surface area (Å²) in [4.78, 5) is 23.7. The molecule has 0 radical (unpaired) electrons. The molecular formula is C23H23N3O2. The van der Waals surface area contributed by atoms with E-state index < -0.39 is 0 Å². The molecule has 1 atom stereocenters. The molecule has 1 saturated heterocycles. The van der Waals surface area contributed by atoms with Crippen LogP contribution in [0.25, 0.3) is 11.3 Å². The van der Waals surface area contributed by atoms with Crippen LogP contribution in [0.4, 0.5) is 0 Å². The third-order valence-electron chi connectivity index (χ3n) is 5.19. The maximum atomic E-state index is 12.8. The summed E-state index contributed by atoms with van der Waals surface area (Å²) in [5, 5.41) is 0. The maximum Gasteiger partial charge on any atom is 0.255 e. The van der Waals surface area contributed by atoms with Crippen molar-refractivity contribution in [1.29, 1.82) is 0 Å². The number of hydrogen-bond acceptors (Lipinski definition) is 4. The Morgan fingerprint density at radius 1 is 1.11 bits per heavy atom. The van der Waals surface area contributed by atoms with Gasteiger partial charge in [-0.1, -0.05) is 6.07 Å². The van der Waals surface area contributed by atoms with Crippen molar-refractivity contribution in [2.75, 3.05) is 20.2 Å². The van der Waals surface area contributed by atoms with Crippen LogP contribution in [0.3, 0.4) is 0 Å². The molecule has 0 N–H and O–H groups in total. The number of methoxy groups -OCH3 is 1. The lowest BCUT2D eigenvalue weighted by Gasteiger charge is -2.32. The van der Waals surface area contributed by atoms with E-state index in [4.69, 9.17) is 9.72 Å². The standard InChI is InChI=1S/C23H23N3O2/c1-28-20-11-9-17(10-12-20)21-7-2-8-22(25-21)19-6-4-14-26(16-19)23(27)18-5-3-13-24-15-18/h2-3,5,7-13,15,19H,4,6,14,16H2,1H3/t19-/m0/s1. The van der Waals surface area contributed by atoms with Crippen molar-refractivity contribution in [3.63, 3.8) is 0 Å². The van der Waals surface area contributed by atoms with Crippen LogP contribution in [0, 0.1) is 0 Å². The van der Waals surface area contributed by atoms with Gasteiger partial charge in [-0.25, -0.2) is 0 Å². The van der Waals surface area contributed by atoms with Crippen molar-refractivity contribution < 1.29 is 9.53 Å². The molecule has 0 bridgehead atoms. The molecule has 0 saturated carbocycles. The lowest BCUT2D eigenvalue weighted by Crippen LogP contribution is -2.39. The smallest absolute Gasteiger partial charge is 0.255 e. The van der Waals surface area contributed by atoms with E-state index in [1.807, 2.05) is 47.4 Å². The Labute approximate surface area is 165 Å². The van der Waals surface area contributed by atoms with E-state index in [1.54, 1.807) is 25.6 Å². The number of carbonyl (C=O) groups excluding carboxylic acids is 1. The lowest BCUT2D eigenvalue weighted by molar-refractivity contribution is 0.0705. The number of piperidine rings is 1. The number of amides is 1. The number of nitrogens with zero attached hydrogens (tertiary/aromatic N) is 3. The third kappa shape index (κ3) is 3.88. The fourth-order valence-corrected chi connectivity index (χ4v) is 3.68. The van der Waals surface area contributed by atoms with E-state index in [2.05, 4.69) is 11.1 Å². The first-order chi connectivity index (χ1) is 13.7. The molecule has 1 fully saturated rings. The molecule has 28 heavy (non-hydrogen) atoms. The summed E-state index contributed by atoms with van der Waals surface area (Å²) >= 11 is 0. The van der Waals surface area contributed by atoms with Gasteiger partial charge in [0.05, 0.1) is 18.4 Å². The second-order valence-electron chi connectivity index (χ2n) is 7.01. The van der Waals surface area contributed by atoms with Gasteiger partial charge >= 0.3 is 0 Å². The number of carbonyl (C=O) groups is 1. The minimum Gasteiger partial charge on any atom is -0.497 e. The Bertz CT molecular complexity index is 942. The van der Waals surface area contributed by atoms with Crippen LogP contribution in [0.1, 0.15) is 34.8 Å². The number of aromatic nitrogens is 2. The number of likely N-dealkylation sites (tertiary alicyclic amines) is 1. The average molecular weight is 373 g/mol. The van der Waals surface area contributed by atoms with Crippen LogP contribution in [-0.4, -0.2) is 41.0 Å². The van der Waals surface area contributed by atoms with Gasteiger partial charge in [0, 0.05) is 42.7 Å². The minimum absolute atomic E-state index is 0.0455. The van der Waals surface area contributed by atoms with Gasteiger partial charge in [-0.05, 0) is 61.4 Å². The van der Waals surface area contributed by atoms with E-state index in [0.717, 1.165) is 42.1 Å². The van der Waals surface area contributed by atoms with Crippen LogP contribution in [-0.2, 0) is 0 Å². The summed E-state index contributed by atoms with van der Waals surface area (Å²) in [6, 6.07) is 17.7. The second-order valence-corrected chi connectivity index (χ2v) is 7.01. The molecule has 1 aliphatic rings. The minimum atomic E-state index is 0.0455. The molecule has 5 heteroatoms. The van der Waals surface area contributed by atoms with Crippen molar-refractivity contribution in [1.82, 2.24) is 14.9 Å². The summed E-state index contributed by atoms with van der Waals surface area (Å²) in [6.45, 7) is 1.47. The summed E-state index contributed by atoms with van der Waals surface area (Å²) in [6.07, 6.45) is 5.33.